The molecule has 2 aliphatic rings. The first-order chi connectivity index (χ1) is 10.0. The highest BCUT2D eigenvalue weighted by Gasteiger charge is 2.39. The van der Waals surface area contributed by atoms with E-state index in [2.05, 4.69) is 24.1 Å². The van der Waals surface area contributed by atoms with Gasteiger partial charge in [0, 0.05) is 31.7 Å². The molecule has 21 heavy (non-hydrogen) atoms. The van der Waals surface area contributed by atoms with E-state index in [-0.39, 0.29) is 16.9 Å². The van der Waals surface area contributed by atoms with Gasteiger partial charge in [-0.2, -0.15) is 0 Å². The third-order valence-corrected chi connectivity index (χ3v) is 5.23. The lowest BCUT2D eigenvalue weighted by Gasteiger charge is -2.42. The van der Waals surface area contributed by atoms with Gasteiger partial charge in [0.15, 0.2) is 0 Å². The van der Waals surface area contributed by atoms with Crippen LogP contribution < -0.4 is 11.1 Å². The highest BCUT2D eigenvalue weighted by atomic mass is 16.5. The summed E-state index contributed by atoms with van der Waals surface area (Å²) in [6.07, 6.45) is 5.35. The molecule has 2 rings (SSSR count). The lowest BCUT2D eigenvalue weighted by molar-refractivity contribution is -0.133. The van der Waals surface area contributed by atoms with E-state index in [4.69, 9.17) is 10.5 Å². The number of nitrogens with zero attached hydrogens (tertiary/aromatic N) is 1. The van der Waals surface area contributed by atoms with Crippen LogP contribution in [0.2, 0.25) is 0 Å². The van der Waals surface area contributed by atoms with Gasteiger partial charge in [-0.05, 0) is 26.7 Å². The van der Waals surface area contributed by atoms with E-state index in [9.17, 15) is 4.79 Å². The van der Waals surface area contributed by atoms with Crippen LogP contribution in [-0.4, -0.2) is 55.7 Å². The molecule has 0 aromatic heterocycles. The fraction of sp³-hybridized carbons (Fsp3) is 0.938. The molecule has 1 amide bonds. The predicted octanol–water partition coefficient (Wildman–Crippen LogP) is 1.12. The molecule has 2 fully saturated rings. The Labute approximate surface area is 128 Å². The standard InChI is InChI=1S/C16H31N3O2/c1-15(2,19-8-10-21-11-9-19)13-18-14(20)16(12-17)6-4-3-5-7-16/h3-13,17H2,1-2H3,(H,18,20). The van der Waals surface area contributed by atoms with E-state index < -0.39 is 0 Å². The molecule has 0 atom stereocenters. The molecule has 0 bridgehead atoms. The molecule has 3 N–H and O–H groups in total. The predicted molar refractivity (Wildman–Crippen MR) is 84.1 cm³/mol. The number of hydrogen-bond donors (Lipinski definition) is 2. The van der Waals surface area contributed by atoms with Crippen molar-refractivity contribution in [2.24, 2.45) is 11.1 Å². The SMILES string of the molecule is CC(C)(CNC(=O)C1(CN)CCCCC1)N1CCOCC1. The number of hydrogen-bond acceptors (Lipinski definition) is 4. The smallest absolute Gasteiger partial charge is 0.227 e. The Morgan fingerprint density at radius 3 is 2.43 bits per heavy atom. The molecule has 1 aliphatic carbocycles. The van der Waals surface area contributed by atoms with Crippen LogP contribution in [0.3, 0.4) is 0 Å². The summed E-state index contributed by atoms with van der Waals surface area (Å²) in [7, 11) is 0. The maximum Gasteiger partial charge on any atom is 0.227 e. The Morgan fingerprint density at radius 1 is 1.24 bits per heavy atom. The maximum absolute atomic E-state index is 12.6. The number of nitrogens with two attached hydrogens (primary N) is 1. The molecule has 1 heterocycles. The summed E-state index contributed by atoms with van der Waals surface area (Å²) in [5.74, 6) is 0.158. The number of carbonyl (C=O) groups is 1. The van der Waals surface area contributed by atoms with Crippen LogP contribution in [0.1, 0.15) is 46.0 Å². The van der Waals surface area contributed by atoms with Crippen molar-refractivity contribution in [1.29, 1.82) is 0 Å². The number of nitrogens with one attached hydrogen (secondary N) is 1. The van der Waals surface area contributed by atoms with E-state index in [0.717, 1.165) is 52.0 Å². The van der Waals surface area contributed by atoms with Crippen molar-refractivity contribution in [3.63, 3.8) is 0 Å². The largest absolute Gasteiger partial charge is 0.379 e. The highest BCUT2D eigenvalue weighted by Crippen LogP contribution is 2.35. The first-order valence-electron chi connectivity index (χ1n) is 8.31. The van der Waals surface area contributed by atoms with Gasteiger partial charge >= 0.3 is 0 Å². The fourth-order valence-electron chi connectivity index (χ4n) is 3.52. The van der Waals surface area contributed by atoms with Gasteiger partial charge in [-0.15, -0.1) is 0 Å². The molecule has 0 unspecified atom stereocenters. The Hall–Kier alpha value is -0.650. The van der Waals surface area contributed by atoms with Crippen LogP contribution in [-0.2, 0) is 9.53 Å². The zero-order chi connectivity index (χ0) is 15.3. The van der Waals surface area contributed by atoms with Crippen LogP contribution in [0, 0.1) is 5.41 Å². The molecule has 1 aliphatic heterocycles. The number of rotatable bonds is 5. The summed E-state index contributed by atoms with van der Waals surface area (Å²) in [5.41, 5.74) is 5.58. The number of morpholine rings is 1. The summed E-state index contributed by atoms with van der Waals surface area (Å²) in [6, 6.07) is 0. The zero-order valence-electron chi connectivity index (χ0n) is 13.6. The van der Waals surface area contributed by atoms with Gasteiger partial charge in [0.2, 0.25) is 5.91 Å². The molecule has 5 nitrogen and oxygen atoms in total. The second-order valence-corrected chi connectivity index (χ2v) is 7.14. The number of ether oxygens (including phenoxy) is 1. The van der Waals surface area contributed by atoms with Crippen molar-refractivity contribution in [2.75, 3.05) is 39.4 Å². The molecule has 5 heteroatoms. The summed E-state index contributed by atoms with van der Waals surface area (Å²) in [4.78, 5) is 15.0. The first kappa shape index (κ1) is 16.7. The van der Waals surface area contributed by atoms with Gasteiger partial charge in [-0.3, -0.25) is 9.69 Å². The second kappa shape index (κ2) is 7.07. The minimum Gasteiger partial charge on any atom is -0.379 e. The molecule has 1 saturated carbocycles. The molecule has 1 saturated heterocycles. The van der Waals surface area contributed by atoms with Crippen LogP contribution in [0.15, 0.2) is 0 Å². The third-order valence-electron chi connectivity index (χ3n) is 5.23. The minimum absolute atomic E-state index is 0.0378. The molecule has 0 radical (unpaired) electrons. The summed E-state index contributed by atoms with van der Waals surface area (Å²) >= 11 is 0. The van der Waals surface area contributed by atoms with E-state index >= 15 is 0 Å². The molecular formula is C16H31N3O2. The minimum atomic E-state index is -0.320. The highest BCUT2D eigenvalue weighted by molar-refractivity contribution is 5.83. The quantitative estimate of drug-likeness (QED) is 0.798. The third kappa shape index (κ3) is 3.96. The molecule has 0 aromatic carbocycles. The lowest BCUT2D eigenvalue weighted by Crippen LogP contribution is -2.57. The van der Waals surface area contributed by atoms with Crippen LogP contribution in [0.25, 0.3) is 0 Å². The number of amides is 1. The average molecular weight is 297 g/mol. The topological polar surface area (TPSA) is 67.6 Å². The van der Waals surface area contributed by atoms with Gasteiger partial charge in [-0.25, -0.2) is 0 Å². The van der Waals surface area contributed by atoms with Gasteiger partial charge in [0.25, 0.3) is 0 Å². The average Bonchev–Trinajstić information content (AvgIpc) is 2.54. The van der Waals surface area contributed by atoms with Crippen molar-refractivity contribution in [2.45, 2.75) is 51.5 Å². The Kier molecular flexibility index (Phi) is 5.63. The van der Waals surface area contributed by atoms with Crippen LogP contribution >= 0.6 is 0 Å². The van der Waals surface area contributed by atoms with E-state index in [1.165, 1.54) is 6.42 Å². The Morgan fingerprint density at radius 2 is 1.86 bits per heavy atom. The Balaban J connectivity index is 1.89. The lowest BCUT2D eigenvalue weighted by atomic mass is 9.73. The van der Waals surface area contributed by atoms with E-state index in [1.807, 2.05) is 0 Å². The van der Waals surface area contributed by atoms with Crippen molar-refractivity contribution >= 4 is 5.91 Å². The van der Waals surface area contributed by atoms with Crippen molar-refractivity contribution < 1.29 is 9.53 Å². The van der Waals surface area contributed by atoms with Gasteiger partial charge < -0.3 is 15.8 Å². The monoisotopic (exact) mass is 297 g/mol. The summed E-state index contributed by atoms with van der Waals surface area (Å²) in [6.45, 7) is 8.96. The van der Waals surface area contributed by atoms with Crippen molar-refractivity contribution in [3.05, 3.63) is 0 Å². The normalized spacial score (nSPS) is 23.8. The molecular weight excluding hydrogens is 266 g/mol. The molecule has 0 spiro atoms. The van der Waals surface area contributed by atoms with Gasteiger partial charge in [-0.1, -0.05) is 19.3 Å². The molecule has 122 valence electrons. The fourth-order valence-corrected chi connectivity index (χ4v) is 3.52. The zero-order valence-corrected chi connectivity index (χ0v) is 13.6. The molecule has 0 aromatic rings. The van der Waals surface area contributed by atoms with Crippen molar-refractivity contribution in [3.8, 4) is 0 Å². The first-order valence-corrected chi connectivity index (χ1v) is 8.31. The summed E-state index contributed by atoms with van der Waals surface area (Å²) < 4.78 is 5.40. The van der Waals surface area contributed by atoms with Gasteiger partial charge in [0.05, 0.1) is 18.6 Å². The maximum atomic E-state index is 12.6. The van der Waals surface area contributed by atoms with Crippen LogP contribution in [0.5, 0.6) is 0 Å². The second-order valence-electron chi connectivity index (χ2n) is 7.14. The van der Waals surface area contributed by atoms with Crippen LogP contribution in [0.4, 0.5) is 0 Å². The van der Waals surface area contributed by atoms with Gasteiger partial charge in [0.1, 0.15) is 0 Å². The summed E-state index contributed by atoms with van der Waals surface area (Å²) in [5, 5.41) is 3.18. The number of carbonyl (C=O) groups excluding carboxylic acids is 1. The Bertz CT molecular complexity index is 345. The van der Waals surface area contributed by atoms with E-state index in [0.29, 0.717) is 13.1 Å². The van der Waals surface area contributed by atoms with E-state index in [1.54, 1.807) is 0 Å². The van der Waals surface area contributed by atoms with Crippen molar-refractivity contribution in [1.82, 2.24) is 10.2 Å².